The minimum Gasteiger partial charge on any atom is -0.507 e. The maximum Gasteiger partial charge on any atom is 0.342 e. The monoisotopic (exact) mass is 436 g/mol. The van der Waals surface area contributed by atoms with Crippen molar-refractivity contribution in [1.82, 2.24) is 15.1 Å². The maximum atomic E-state index is 13.4. The van der Waals surface area contributed by atoms with Crippen molar-refractivity contribution in [1.29, 1.82) is 0 Å². The molecule has 7 nitrogen and oxygen atoms in total. The second-order valence-corrected chi connectivity index (χ2v) is 7.92. The van der Waals surface area contributed by atoms with Crippen molar-refractivity contribution in [3.63, 3.8) is 0 Å². The van der Waals surface area contributed by atoms with Gasteiger partial charge in [-0.25, -0.2) is 9.18 Å². The Balaban J connectivity index is 1.58. The predicted molar refractivity (Wildman–Crippen MR) is 119 cm³/mol. The summed E-state index contributed by atoms with van der Waals surface area (Å²) in [5.74, 6) is -0.323. The third-order valence-corrected chi connectivity index (χ3v) is 5.66. The van der Waals surface area contributed by atoms with E-state index in [9.17, 15) is 19.1 Å². The van der Waals surface area contributed by atoms with Gasteiger partial charge in [-0.2, -0.15) is 9.78 Å². The highest BCUT2D eigenvalue weighted by molar-refractivity contribution is 5.91. The largest absolute Gasteiger partial charge is 0.507 e. The summed E-state index contributed by atoms with van der Waals surface area (Å²) < 4.78 is 14.7. The number of nitrogens with one attached hydrogen (secondary N) is 2. The van der Waals surface area contributed by atoms with E-state index in [1.165, 1.54) is 22.9 Å². The molecule has 0 radical (unpaired) electrons. The number of nitrogens with zero attached hydrogens (tertiary/aromatic N) is 2. The zero-order valence-corrected chi connectivity index (χ0v) is 17.8. The van der Waals surface area contributed by atoms with Gasteiger partial charge in [0.2, 0.25) is 5.91 Å². The fourth-order valence-electron chi connectivity index (χ4n) is 3.66. The summed E-state index contributed by atoms with van der Waals surface area (Å²) in [4.78, 5) is 24.5. The SMILES string of the molecule is CCC(=O)Nc1ccc(-c2cc(C3CCC3)n(C(=O)NCc3cccc(F)c3)n2)c(O)c1. The molecule has 32 heavy (non-hydrogen) atoms. The molecular formula is C24H25FN4O3. The van der Waals surface area contributed by atoms with E-state index in [4.69, 9.17) is 0 Å². The van der Waals surface area contributed by atoms with Crippen LogP contribution in [0.2, 0.25) is 0 Å². The van der Waals surface area contributed by atoms with E-state index in [0.29, 0.717) is 28.9 Å². The van der Waals surface area contributed by atoms with E-state index in [2.05, 4.69) is 15.7 Å². The summed E-state index contributed by atoms with van der Waals surface area (Å²) in [7, 11) is 0. The fourth-order valence-corrected chi connectivity index (χ4v) is 3.66. The van der Waals surface area contributed by atoms with Crippen molar-refractivity contribution in [2.24, 2.45) is 0 Å². The van der Waals surface area contributed by atoms with Gasteiger partial charge in [-0.15, -0.1) is 0 Å². The summed E-state index contributed by atoms with van der Waals surface area (Å²) in [6, 6.07) is 12.3. The molecule has 1 saturated carbocycles. The minimum absolute atomic E-state index is 0.0381. The quantitative estimate of drug-likeness (QED) is 0.519. The number of amides is 2. The summed E-state index contributed by atoms with van der Waals surface area (Å²) in [6.45, 7) is 1.92. The zero-order valence-electron chi connectivity index (χ0n) is 17.8. The van der Waals surface area contributed by atoms with E-state index in [0.717, 1.165) is 25.0 Å². The Hall–Kier alpha value is -3.68. The van der Waals surface area contributed by atoms with Crippen LogP contribution >= 0.6 is 0 Å². The van der Waals surface area contributed by atoms with Crippen molar-refractivity contribution in [2.75, 3.05) is 5.32 Å². The van der Waals surface area contributed by atoms with Crippen molar-refractivity contribution < 1.29 is 19.1 Å². The van der Waals surface area contributed by atoms with Crippen molar-refractivity contribution in [3.05, 3.63) is 65.6 Å². The molecule has 0 aliphatic heterocycles. The molecule has 0 bridgehead atoms. The van der Waals surface area contributed by atoms with E-state index < -0.39 is 6.03 Å². The third kappa shape index (κ3) is 4.64. The highest BCUT2D eigenvalue weighted by Crippen LogP contribution is 2.39. The van der Waals surface area contributed by atoms with Gasteiger partial charge in [0.25, 0.3) is 0 Å². The molecular weight excluding hydrogens is 411 g/mol. The highest BCUT2D eigenvalue weighted by Gasteiger charge is 2.27. The van der Waals surface area contributed by atoms with Gasteiger partial charge < -0.3 is 15.7 Å². The second kappa shape index (κ2) is 9.21. The van der Waals surface area contributed by atoms with Crippen LogP contribution in [0.4, 0.5) is 14.9 Å². The molecule has 2 aromatic carbocycles. The number of aromatic nitrogens is 2. The minimum atomic E-state index is -0.409. The van der Waals surface area contributed by atoms with Crippen LogP contribution in [0.5, 0.6) is 5.75 Å². The number of phenolic OH excluding ortho intramolecular Hbond substituents is 1. The number of hydrogen-bond acceptors (Lipinski definition) is 4. The van der Waals surface area contributed by atoms with Gasteiger partial charge in [0, 0.05) is 36.2 Å². The van der Waals surface area contributed by atoms with Crippen LogP contribution in [0.15, 0.2) is 48.5 Å². The van der Waals surface area contributed by atoms with Crippen molar-refractivity contribution >= 4 is 17.6 Å². The van der Waals surface area contributed by atoms with Gasteiger partial charge in [-0.3, -0.25) is 4.79 Å². The van der Waals surface area contributed by atoms with E-state index in [1.54, 1.807) is 31.2 Å². The van der Waals surface area contributed by atoms with Gasteiger partial charge in [0.15, 0.2) is 0 Å². The van der Waals surface area contributed by atoms with Gasteiger partial charge in [0.1, 0.15) is 11.6 Å². The molecule has 0 unspecified atom stereocenters. The van der Waals surface area contributed by atoms with Crippen LogP contribution in [-0.4, -0.2) is 26.8 Å². The Morgan fingerprint density at radius 3 is 2.66 bits per heavy atom. The number of rotatable bonds is 6. The molecule has 3 N–H and O–H groups in total. The fraction of sp³-hybridized carbons (Fsp3) is 0.292. The van der Waals surface area contributed by atoms with E-state index >= 15 is 0 Å². The Morgan fingerprint density at radius 2 is 2.00 bits per heavy atom. The Morgan fingerprint density at radius 1 is 1.19 bits per heavy atom. The van der Waals surface area contributed by atoms with E-state index in [1.807, 2.05) is 6.07 Å². The average molecular weight is 436 g/mol. The van der Waals surface area contributed by atoms with Crippen LogP contribution in [-0.2, 0) is 11.3 Å². The molecule has 1 aliphatic rings. The number of phenols is 1. The number of carbonyl (C=O) groups is 2. The molecule has 1 heterocycles. The normalized spacial score (nSPS) is 13.4. The molecule has 1 aromatic heterocycles. The first-order valence-corrected chi connectivity index (χ1v) is 10.7. The molecule has 166 valence electrons. The lowest BCUT2D eigenvalue weighted by atomic mass is 9.82. The highest BCUT2D eigenvalue weighted by atomic mass is 19.1. The van der Waals surface area contributed by atoms with Crippen molar-refractivity contribution in [3.8, 4) is 17.0 Å². The van der Waals surface area contributed by atoms with Crippen LogP contribution < -0.4 is 10.6 Å². The summed E-state index contributed by atoms with van der Waals surface area (Å²) in [5.41, 5.74) is 2.86. The smallest absolute Gasteiger partial charge is 0.342 e. The van der Waals surface area contributed by atoms with Crippen LogP contribution in [0.1, 0.15) is 49.8 Å². The first-order chi connectivity index (χ1) is 15.4. The molecule has 1 aliphatic carbocycles. The zero-order chi connectivity index (χ0) is 22.7. The van der Waals surface area contributed by atoms with Crippen LogP contribution in [0, 0.1) is 5.82 Å². The topological polar surface area (TPSA) is 96.3 Å². The lowest BCUT2D eigenvalue weighted by molar-refractivity contribution is -0.115. The van der Waals surface area contributed by atoms with Crippen molar-refractivity contribution in [2.45, 2.75) is 45.1 Å². The molecule has 8 heteroatoms. The standard InChI is InChI=1S/C24H25FN4O3/c1-2-23(31)27-18-9-10-19(22(30)12-18)20-13-21(16-6-4-7-16)29(28-20)24(32)26-14-15-5-3-8-17(25)11-15/h3,5,8-13,16,30H,2,4,6-7,14H2,1H3,(H,26,32)(H,27,31). The predicted octanol–water partition coefficient (Wildman–Crippen LogP) is 4.77. The molecule has 0 saturated heterocycles. The molecule has 4 rings (SSSR count). The maximum absolute atomic E-state index is 13.4. The van der Waals surface area contributed by atoms with Crippen LogP contribution in [0.3, 0.4) is 0 Å². The van der Waals surface area contributed by atoms with Gasteiger partial charge in [-0.05, 0) is 48.7 Å². The summed E-state index contributed by atoms with van der Waals surface area (Å²) >= 11 is 0. The summed E-state index contributed by atoms with van der Waals surface area (Å²) in [6.07, 6.45) is 3.36. The number of benzene rings is 2. The van der Waals surface area contributed by atoms with Gasteiger partial charge in [-0.1, -0.05) is 25.5 Å². The lowest BCUT2D eigenvalue weighted by Gasteiger charge is -2.25. The number of halogens is 1. The molecule has 1 fully saturated rings. The molecule has 3 aromatic rings. The van der Waals surface area contributed by atoms with Crippen LogP contribution in [0.25, 0.3) is 11.3 Å². The Labute approximate surface area is 185 Å². The first kappa shape index (κ1) is 21.5. The van der Waals surface area contributed by atoms with Gasteiger partial charge >= 0.3 is 6.03 Å². The number of hydrogen-bond donors (Lipinski definition) is 3. The Bertz CT molecular complexity index is 1150. The Kier molecular flexibility index (Phi) is 6.20. The van der Waals surface area contributed by atoms with Gasteiger partial charge in [0.05, 0.1) is 11.4 Å². The van der Waals surface area contributed by atoms with E-state index in [-0.39, 0.29) is 29.9 Å². The second-order valence-electron chi connectivity index (χ2n) is 7.92. The number of anilines is 1. The number of aromatic hydroxyl groups is 1. The molecule has 0 spiro atoms. The third-order valence-electron chi connectivity index (χ3n) is 5.66. The summed E-state index contributed by atoms with van der Waals surface area (Å²) in [5, 5.41) is 20.5. The molecule has 0 atom stereocenters. The lowest BCUT2D eigenvalue weighted by Crippen LogP contribution is -2.31. The first-order valence-electron chi connectivity index (χ1n) is 10.7. The number of carbonyl (C=O) groups excluding carboxylic acids is 2. The molecule has 2 amide bonds. The average Bonchev–Trinajstić information content (AvgIpc) is 3.15.